The van der Waals surface area contributed by atoms with E-state index in [1.54, 1.807) is 22.2 Å². The minimum absolute atomic E-state index is 0.0330. The van der Waals surface area contributed by atoms with Crippen LogP contribution in [0.4, 0.5) is 10.8 Å². The molecule has 2 heterocycles. The first-order valence-electron chi connectivity index (χ1n) is 6.69. The fourth-order valence-electron chi connectivity index (χ4n) is 2.33. The van der Waals surface area contributed by atoms with Gasteiger partial charge >= 0.3 is 0 Å². The van der Waals surface area contributed by atoms with Gasteiger partial charge in [-0.05, 0) is 30.5 Å². The lowest BCUT2D eigenvalue weighted by atomic mass is 10.1. The molecule has 114 valence electrons. The molecule has 0 radical (unpaired) electrons. The molecule has 1 saturated heterocycles. The number of hydrogen-bond donors (Lipinski definition) is 1. The third-order valence-corrected chi connectivity index (χ3v) is 4.82. The quantitative estimate of drug-likeness (QED) is 0.868. The van der Waals surface area contributed by atoms with Gasteiger partial charge in [0.05, 0.1) is 5.92 Å². The summed E-state index contributed by atoms with van der Waals surface area (Å²) in [7, 11) is 0. The molecule has 3 rings (SSSR count). The van der Waals surface area contributed by atoms with Crippen LogP contribution in [0.3, 0.4) is 0 Å². The van der Waals surface area contributed by atoms with Gasteiger partial charge in [0.1, 0.15) is 5.51 Å². The zero-order chi connectivity index (χ0) is 15.5. The van der Waals surface area contributed by atoms with Crippen LogP contribution in [0.25, 0.3) is 0 Å². The first kappa shape index (κ1) is 15.0. The Morgan fingerprint density at radius 3 is 2.82 bits per heavy atom. The number of aromatic nitrogens is 2. The summed E-state index contributed by atoms with van der Waals surface area (Å²) in [4.78, 5) is 27.1. The van der Waals surface area contributed by atoms with Crippen LogP contribution >= 0.6 is 23.1 Å². The first-order valence-corrected chi connectivity index (χ1v) is 8.79. The van der Waals surface area contributed by atoms with Gasteiger partial charge < -0.3 is 10.2 Å². The molecular weight excluding hydrogens is 320 g/mol. The van der Waals surface area contributed by atoms with Crippen molar-refractivity contribution in [2.75, 3.05) is 23.0 Å². The molecule has 0 aliphatic carbocycles. The maximum absolute atomic E-state index is 12.2. The summed E-state index contributed by atoms with van der Waals surface area (Å²) in [5.74, 6) is -0.584. The van der Waals surface area contributed by atoms with E-state index in [9.17, 15) is 9.59 Å². The molecule has 0 spiro atoms. The molecule has 1 fully saturated rings. The van der Waals surface area contributed by atoms with Crippen molar-refractivity contribution in [1.29, 1.82) is 0 Å². The number of amides is 2. The molecule has 2 aromatic rings. The van der Waals surface area contributed by atoms with Crippen LogP contribution in [-0.2, 0) is 9.59 Å². The summed E-state index contributed by atoms with van der Waals surface area (Å²) >= 11 is 2.91. The number of carbonyl (C=O) groups excluding carboxylic acids is 2. The van der Waals surface area contributed by atoms with Crippen molar-refractivity contribution in [2.45, 2.75) is 11.3 Å². The summed E-state index contributed by atoms with van der Waals surface area (Å²) in [6.45, 7) is 0.391. The van der Waals surface area contributed by atoms with E-state index < -0.39 is 0 Å². The van der Waals surface area contributed by atoms with Crippen molar-refractivity contribution in [3.8, 4) is 0 Å². The van der Waals surface area contributed by atoms with Crippen molar-refractivity contribution < 1.29 is 9.59 Å². The monoisotopic (exact) mass is 334 g/mol. The third-order valence-electron chi connectivity index (χ3n) is 3.47. The number of thioether (sulfide) groups is 1. The molecule has 0 saturated carbocycles. The molecule has 1 unspecified atom stereocenters. The average molecular weight is 334 g/mol. The van der Waals surface area contributed by atoms with Crippen LogP contribution in [0.15, 0.2) is 34.7 Å². The van der Waals surface area contributed by atoms with E-state index in [0.717, 1.165) is 10.6 Å². The van der Waals surface area contributed by atoms with Crippen LogP contribution in [0.2, 0.25) is 0 Å². The van der Waals surface area contributed by atoms with Gasteiger partial charge in [-0.1, -0.05) is 11.3 Å². The Labute approximate surface area is 135 Å². The van der Waals surface area contributed by atoms with E-state index in [0.29, 0.717) is 11.7 Å². The molecule has 1 aliphatic heterocycles. The third kappa shape index (κ3) is 3.12. The normalized spacial score (nSPS) is 17.8. The number of benzene rings is 1. The maximum Gasteiger partial charge on any atom is 0.231 e. The van der Waals surface area contributed by atoms with Crippen LogP contribution in [-0.4, -0.2) is 34.8 Å². The first-order chi connectivity index (χ1) is 10.7. The molecule has 1 atom stereocenters. The fraction of sp³-hybridized carbons (Fsp3) is 0.286. The van der Waals surface area contributed by atoms with Gasteiger partial charge in [0.2, 0.25) is 16.9 Å². The van der Waals surface area contributed by atoms with E-state index in [4.69, 9.17) is 0 Å². The number of anilines is 2. The van der Waals surface area contributed by atoms with Gasteiger partial charge in [0.25, 0.3) is 0 Å². The second-order valence-electron chi connectivity index (χ2n) is 4.84. The van der Waals surface area contributed by atoms with Crippen LogP contribution in [0, 0.1) is 5.92 Å². The van der Waals surface area contributed by atoms with Crippen molar-refractivity contribution >= 4 is 45.7 Å². The van der Waals surface area contributed by atoms with Crippen molar-refractivity contribution in [3.05, 3.63) is 29.8 Å². The maximum atomic E-state index is 12.2. The minimum Gasteiger partial charge on any atom is -0.312 e. The van der Waals surface area contributed by atoms with E-state index >= 15 is 0 Å². The molecule has 1 N–H and O–H groups in total. The molecule has 22 heavy (non-hydrogen) atoms. The zero-order valence-corrected chi connectivity index (χ0v) is 13.5. The van der Waals surface area contributed by atoms with Gasteiger partial charge in [0, 0.05) is 23.5 Å². The SMILES string of the molecule is CSc1ccc(N2CC(C(=O)Nc3nncs3)CC2=O)cc1. The summed E-state index contributed by atoms with van der Waals surface area (Å²) in [6, 6.07) is 7.77. The topological polar surface area (TPSA) is 75.2 Å². The summed E-state index contributed by atoms with van der Waals surface area (Å²) in [6.07, 6.45) is 2.22. The smallest absolute Gasteiger partial charge is 0.231 e. The summed E-state index contributed by atoms with van der Waals surface area (Å²) in [5, 5.41) is 10.6. The average Bonchev–Trinajstić information content (AvgIpc) is 3.17. The molecule has 6 nitrogen and oxygen atoms in total. The summed E-state index contributed by atoms with van der Waals surface area (Å²) < 4.78 is 0. The number of rotatable bonds is 4. The van der Waals surface area contributed by atoms with Gasteiger partial charge in [-0.15, -0.1) is 22.0 Å². The molecular formula is C14H14N4O2S2. The fourth-order valence-corrected chi connectivity index (χ4v) is 3.19. The number of hydrogen-bond acceptors (Lipinski definition) is 6. The highest BCUT2D eigenvalue weighted by atomic mass is 32.2. The second-order valence-corrected chi connectivity index (χ2v) is 6.55. The van der Waals surface area contributed by atoms with E-state index in [1.165, 1.54) is 11.3 Å². The number of carbonyl (C=O) groups is 2. The Bertz CT molecular complexity index is 673. The van der Waals surface area contributed by atoms with Crippen LogP contribution in [0.5, 0.6) is 0 Å². The van der Waals surface area contributed by atoms with E-state index in [-0.39, 0.29) is 24.2 Å². The Morgan fingerprint density at radius 1 is 1.41 bits per heavy atom. The molecule has 8 heteroatoms. The molecule has 1 aromatic carbocycles. The Hall–Kier alpha value is -1.93. The Morgan fingerprint density at radius 2 is 2.18 bits per heavy atom. The van der Waals surface area contributed by atoms with Crippen molar-refractivity contribution in [1.82, 2.24) is 10.2 Å². The lowest BCUT2D eigenvalue weighted by molar-refractivity contribution is -0.122. The zero-order valence-electron chi connectivity index (χ0n) is 11.9. The van der Waals surface area contributed by atoms with Crippen LogP contribution in [0.1, 0.15) is 6.42 Å². The molecule has 1 aromatic heterocycles. The van der Waals surface area contributed by atoms with Crippen LogP contribution < -0.4 is 10.2 Å². The van der Waals surface area contributed by atoms with Gasteiger partial charge in [-0.25, -0.2) is 0 Å². The van der Waals surface area contributed by atoms with E-state index in [2.05, 4.69) is 15.5 Å². The Kier molecular flexibility index (Phi) is 4.39. The van der Waals surface area contributed by atoms with Crippen molar-refractivity contribution in [3.63, 3.8) is 0 Å². The highest BCUT2D eigenvalue weighted by Crippen LogP contribution is 2.27. The predicted octanol–water partition coefficient (Wildman–Crippen LogP) is 2.25. The Balaban J connectivity index is 1.68. The highest BCUT2D eigenvalue weighted by molar-refractivity contribution is 7.98. The van der Waals surface area contributed by atoms with Crippen molar-refractivity contribution in [2.24, 2.45) is 5.92 Å². The lowest BCUT2D eigenvalue weighted by Crippen LogP contribution is -2.28. The highest BCUT2D eigenvalue weighted by Gasteiger charge is 2.35. The van der Waals surface area contributed by atoms with Gasteiger partial charge in [0.15, 0.2) is 0 Å². The van der Waals surface area contributed by atoms with E-state index in [1.807, 2.05) is 30.5 Å². The molecule has 2 amide bonds. The predicted molar refractivity (Wildman–Crippen MR) is 87.2 cm³/mol. The van der Waals surface area contributed by atoms with Gasteiger partial charge in [-0.2, -0.15) is 0 Å². The van der Waals surface area contributed by atoms with Gasteiger partial charge in [-0.3, -0.25) is 9.59 Å². The minimum atomic E-state index is -0.364. The summed E-state index contributed by atoms with van der Waals surface area (Å²) in [5.41, 5.74) is 2.38. The largest absolute Gasteiger partial charge is 0.312 e. The standard InChI is InChI=1S/C14H14N4O2S2/c1-21-11-4-2-10(3-5-11)18-7-9(6-12(18)19)13(20)16-14-17-15-8-22-14/h2-5,8-9H,6-7H2,1H3,(H,16,17,20). The molecule has 0 bridgehead atoms. The number of nitrogens with one attached hydrogen (secondary N) is 1. The molecule has 1 aliphatic rings. The second kappa shape index (κ2) is 6.45. The lowest BCUT2D eigenvalue weighted by Gasteiger charge is -2.16. The number of nitrogens with zero attached hydrogens (tertiary/aromatic N) is 3.